The molecule has 0 radical (unpaired) electrons. The lowest BCUT2D eigenvalue weighted by Crippen LogP contribution is -2.04. The third-order valence-electron chi connectivity index (χ3n) is 1.35. The van der Waals surface area contributed by atoms with Gasteiger partial charge in [0, 0.05) is 7.14 Å². The van der Waals surface area contributed by atoms with E-state index in [1.165, 1.54) is 0 Å². The number of carboxylic acid groups (broad SMARTS) is 1. The summed E-state index contributed by atoms with van der Waals surface area (Å²) in [5.74, 6) is -0.995. The van der Waals surface area contributed by atoms with Crippen molar-refractivity contribution in [1.82, 2.24) is 0 Å². The van der Waals surface area contributed by atoms with Gasteiger partial charge in [-0.1, -0.05) is 0 Å². The predicted octanol–water partition coefficient (Wildman–Crippen LogP) is 2.90. The molecule has 0 fully saturated rings. The van der Waals surface area contributed by atoms with Gasteiger partial charge in [-0.2, -0.15) is 0 Å². The molecule has 0 amide bonds. The van der Waals surface area contributed by atoms with E-state index >= 15 is 0 Å². The summed E-state index contributed by atoms with van der Waals surface area (Å²) in [7, 11) is 0. The van der Waals surface area contributed by atoms with Crippen LogP contribution in [-0.4, -0.2) is 16.2 Å². The lowest BCUT2D eigenvalue weighted by molar-refractivity contribution is 0.0694. The summed E-state index contributed by atoms with van der Waals surface area (Å²) in [6, 6.07) is 1.55. The summed E-state index contributed by atoms with van der Waals surface area (Å²) >= 11 is 5.77. The molecule has 70 valence electrons. The van der Waals surface area contributed by atoms with E-state index in [4.69, 9.17) is 5.11 Å². The molecule has 0 aromatic heterocycles. The van der Waals surface area contributed by atoms with Gasteiger partial charge in [-0.15, -0.1) is 0 Å². The molecule has 0 bridgehead atoms. The van der Waals surface area contributed by atoms with Crippen molar-refractivity contribution in [3.8, 4) is 5.75 Å². The van der Waals surface area contributed by atoms with E-state index in [1.807, 2.05) is 67.8 Å². The van der Waals surface area contributed by atoms with Crippen molar-refractivity contribution in [2.45, 2.75) is 0 Å². The van der Waals surface area contributed by atoms with E-state index in [1.54, 1.807) is 6.07 Å². The van der Waals surface area contributed by atoms with Gasteiger partial charge in [0.25, 0.3) is 0 Å². The van der Waals surface area contributed by atoms with Gasteiger partial charge in [0.1, 0.15) is 5.75 Å². The molecule has 0 aliphatic heterocycles. The molecular formula is C7H3I3O3. The van der Waals surface area contributed by atoms with Gasteiger partial charge in [-0.05, 0) is 73.8 Å². The second kappa shape index (κ2) is 4.47. The Labute approximate surface area is 115 Å². The summed E-state index contributed by atoms with van der Waals surface area (Å²) < 4.78 is 1.79. The van der Waals surface area contributed by atoms with Gasteiger partial charge < -0.3 is 10.2 Å². The zero-order chi connectivity index (χ0) is 10.2. The summed E-state index contributed by atoms with van der Waals surface area (Å²) in [5.41, 5.74) is 0.172. The summed E-state index contributed by atoms with van der Waals surface area (Å²) in [6.07, 6.45) is 0. The fraction of sp³-hybridized carbons (Fsp3) is 0. The first-order valence-electron chi connectivity index (χ1n) is 3.05. The van der Waals surface area contributed by atoms with Crippen molar-refractivity contribution < 1.29 is 15.0 Å². The Bertz CT molecular complexity index is 349. The molecule has 0 spiro atoms. The number of rotatable bonds is 1. The number of benzene rings is 1. The molecule has 3 nitrogen and oxygen atoms in total. The molecule has 13 heavy (non-hydrogen) atoms. The Balaban J connectivity index is 3.56. The Hall–Kier alpha value is 0.680. The van der Waals surface area contributed by atoms with Gasteiger partial charge >= 0.3 is 5.97 Å². The Morgan fingerprint density at radius 2 is 1.77 bits per heavy atom. The van der Waals surface area contributed by atoms with Crippen LogP contribution in [-0.2, 0) is 0 Å². The third kappa shape index (κ3) is 2.37. The molecule has 0 aliphatic carbocycles. The van der Waals surface area contributed by atoms with Crippen molar-refractivity contribution in [1.29, 1.82) is 0 Å². The second-order valence-corrected chi connectivity index (χ2v) is 5.51. The zero-order valence-corrected chi connectivity index (χ0v) is 12.5. The van der Waals surface area contributed by atoms with Crippen LogP contribution in [0.1, 0.15) is 10.4 Å². The van der Waals surface area contributed by atoms with Crippen LogP contribution in [0.5, 0.6) is 5.75 Å². The minimum absolute atomic E-state index is 0.0165. The van der Waals surface area contributed by atoms with Gasteiger partial charge in [-0.25, -0.2) is 4.79 Å². The van der Waals surface area contributed by atoms with E-state index < -0.39 is 5.97 Å². The highest BCUT2D eigenvalue weighted by Gasteiger charge is 2.18. The van der Waals surface area contributed by atoms with Crippen LogP contribution in [0.3, 0.4) is 0 Å². The number of halogens is 3. The number of phenols is 1. The maximum atomic E-state index is 10.8. The first kappa shape index (κ1) is 11.8. The normalized spacial score (nSPS) is 10.1. The van der Waals surface area contributed by atoms with Crippen molar-refractivity contribution >= 4 is 73.7 Å². The molecule has 1 aromatic carbocycles. The number of hydrogen-bond donors (Lipinski definition) is 2. The molecule has 0 heterocycles. The Morgan fingerprint density at radius 1 is 1.23 bits per heavy atom. The first-order chi connectivity index (χ1) is 5.95. The standard InChI is InChI=1S/C7H3I3O3/c8-2-1-3(11)6(10)4(5(2)9)7(12)13/h1,11H,(H,12,13). The number of aromatic hydroxyl groups is 1. The molecule has 1 rings (SSSR count). The molecule has 0 unspecified atom stereocenters. The van der Waals surface area contributed by atoms with E-state index in [-0.39, 0.29) is 11.3 Å². The van der Waals surface area contributed by atoms with Gasteiger partial charge in [0.2, 0.25) is 0 Å². The smallest absolute Gasteiger partial charge is 0.338 e. The number of carboxylic acids is 1. The lowest BCUT2D eigenvalue weighted by atomic mass is 10.2. The highest BCUT2D eigenvalue weighted by Crippen LogP contribution is 2.31. The maximum absolute atomic E-state index is 10.8. The number of hydrogen-bond acceptors (Lipinski definition) is 2. The minimum atomic E-state index is -1.01. The molecule has 0 saturated heterocycles. The monoisotopic (exact) mass is 516 g/mol. The van der Waals surface area contributed by atoms with Crippen LogP contribution >= 0.6 is 67.8 Å². The predicted molar refractivity (Wildman–Crippen MR) is 73.2 cm³/mol. The maximum Gasteiger partial charge on any atom is 0.338 e. The van der Waals surface area contributed by atoms with Crippen LogP contribution in [0.25, 0.3) is 0 Å². The van der Waals surface area contributed by atoms with Crippen LogP contribution < -0.4 is 0 Å². The van der Waals surface area contributed by atoms with Crippen LogP contribution in [0.15, 0.2) is 6.07 Å². The average Bonchev–Trinajstić information content (AvgIpc) is 2.01. The van der Waals surface area contributed by atoms with Gasteiger partial charge in [-0.3, -0.25) is 0 Å². The Kier molecular flexibility index (Phi) is 4.04. The first-order valence-corrected chi connectivity index (χ1v) is 6.28. The summed E-state index contributed by atoms with van der Waals surface area (Å²) in [5, 5.41) is 18.2. The van der Waals surface area contributed by atoms with Gasteiger partial charge in [0.05, 0.1) is 9.13 Å². The molecule has 6 heteroatoms. The topological polar surface area (TPSA) is 57.5 Å². The highest BCUT2D eigenvalue weighted by molar-refractivity contribution is 14.1. The molecular weight excluding hydrogens is 513 g/mol. The van der Waals surface area contributed by atoms with Crippen LogP contribution in [0, 0.1) is 10.7 Å². The molecule has 1 aromatic rings. The summed E-state index contributed by atoms with van der Waals surface area (Å²) in [4.78, 5) is 10.8. The second-order valence-electron chi connectivity index (χ2n) is 2.19. The molecule has 0 saturated carbocycles. The lowest BCUT2D eigenvalue weighted by Gasteiger charge is -2.06. The van der Waals surface area contributed by atoms with Crippen LogP contribution in [0.2, 0.25) is 0 Å². The van der Waals surface area contributed by atoms with E-state index in [9.17, 15) is 9.90 Å². The third-order valence-corrected chi connectivity index (χ3v) is 5.45. The van der Waals surface area contributed by atoms with E-state index in [2.05, 4.69) is 0 Å². The quantitative estimate of drug-likeness (QED) is 0.447. The van der Waals surface area contributed by atoms with Crippen molar-refractivity contribution in [3.63, 3.8) is 0 Å². The average molecular weight is 516 g/mol. The molecule has 0 aliphatic rings. The number of phenolic OH excluding ortho intramolecular Hbond substituents is 1. The number of carbonyl (C=O) groups is 1. The van der Waals surface area contributed by atoms with Crippen molar-refractivity contribution in [3.05, 3.63) is 22.3 Å². The molecule has 0 atom stereocenters. The largest absolute Gasteiger partial charge is 0.507 e. The van der Waals surface area contributed by atoms with Crippen LogP contribution in [0.4, 0.5) is 0 Å². The van der Waals surface area contributed by atoms with E-state index in [0.29, 0.717) is 7.14 Å². The SMILES string of the molecule is O=C(O)c1c(I)c(O)cc(I)c1I. The zero-order valence-electron chi connectivity index (χ0n) is 6.01. The fourth-order valence-corrected chi connectivity index (χ4v) is 3.17. The molecule has 2 N–H and O–H groups in total. The van der Waals surface area contributed by atoms with Crippen molar-refractivity contribution in [2.75, 3.05) is 0 Å². The minimum Gasteiger partial charge on any atom is -0.507 e. The Morgan fingerprint density at radius 3 is 2.23 bits per heavy atom. The summed E-state index contributed by atoms with van der Waals surface area (Å²) in [6.45, 7) is 0. The van der Waals surface area contributed by atoms with Gasteiger partial charge in [0.15, 0.2) is 0 Å². The fourth-order valence-electron chi connectivity index (χ4n) is 0.778. The highest BCUT2D eigenvalue weighted by atomic mass is 127. The number of aromatic carboxylic acids is 1. The van der Waals surface area contributed by atoms with Crippen molar-refractivity contribution in [2.24, 2.45) is 0 Å². The van der Waals surface area contributed by atoms with E-state index in [0.717, 1.165) is 3.57 Å².